The Labute approximate surface area is 109 Å². The predicted molar refractivity (Wildman–Crippen MR) is 81.2 cm³/mol. The first kappa shape index (κ1) is 15.6. The average Bonchev–Trinajstić information content (AvgIpc) is 2.39. The highest BCUT2D eigenvalue weighted by molar-refractivity contribution is 8.03. The first-order valence-corrected chi connectivity index (χ1v) is 6.56. The average molecular weight is 247 g/mol. The SMILES string of the molecule is C=C/C(=C\C=C/C)Sc1ccc(N)cc1.CC. The van der Waals surface area contributed by atoms with Gasteiger partial charge < -0.3 is 5.73 Å². The summed E-state index contributed by atoms with van der Waals surface area (Å²) in [7, 11) is 0. The molecule has 1 aromatic carbocycles. The fraction of sp³-hybridized carbons (Fsp3) is 0.200. The van der Waals surface area contributed by atoms with Crippen LogP contribution in [0.25, 0.3) is 0 Å². The highest BCUT2D eigenvalue weighted by Crippen LogP contribution is 2.27. The Morgan fingerprint density at radius 1 is 1.24 bits per heavy atom. The molecule has 2 heteroatoms. The van der Waals surface area contributed by atoms with Gasteiger partial charge in [-0.25, -0.2) is 0 Å². The first-order chi connectivity index (χ1) is 8.26. The van der Waals surface area contributed by atoms with Crippen LogP contribution in [0.1, 0.15) is 20.8 Å². The normalized spacial score (nSPS) is 10.9. The summed E-state index contributed by atoms with van der Waals surface area (Å²) in [6, 6.07) is 7.82. The molecule has 0 heterocycles. The van der Waals surface area contributed by atoms with E-state index in [1.165, 1.54) is 4.90 Å². The summed E-state index contributed by atoms with van der Waals surface area (Å²) in [6.45, 7) is 9.77. The number of nitrogens with two attached hydrogens (primary N) is 1. The van der Waals surface area contributed by atoms with Gasteiger partial charge in [-0.15, -0.1) is 0 Å². The highest BCUT2D eigenvalue weighted by Gasteiger charge is 1.95. The van der Waals surface area contributed by atoms with Crippen LogP contribution in [0.5, 0.6) is 0 Å². The number of allylic oxidation sites excluding steroid dienone is 4. The molecule has 0 aliphatic heterocycles. The van der Waals surface area contributed by atoms with Gasteiger partial charge in [-0.05, 0) is 37.3 Å². The Hall–Kier alpha value is -1.41. The van der Waals surface area contributed by atoms with E-state index < -0.39 is 0 Å². The van der Waals surface area contributed by atoms with Crippen LogP contribution in [-0.2, 0) is 0 Å². The number of anilines is 1. The van der Waals surface area contributed by atoms with Gasteiger partial charge in [0.15, 0.2) is 0 Å². The molecule has 1 nitrogen and oxygen atoms in total. The zero-order valence-corrected chi connectivity index (χ0v) is 11.6. The maximum absolute atomic E-state index is 5.61. The molecule has 0 aliphatic rings. The van der Waals surface area contributed by atoms with E-state index in [-0.39, 0.29) is 0 Å². The summed E-state index contributed by atoms with van der Waals surface area (Å²) >= 11 is 1.67. The highest BCUT2D eigenvalue weighted by atomic mass is 32.2. The summed E-state index contributed by atoms with van der Waals surface area (Å²) in [4.78, 5) is 2.29. The van der Waals surface area contributed by atoms with E-state index in [2.05, 4.69) is 6.58 Å². The van der Waals surface area contributed by atoms with Gasteiger partial charge >= 0.3 is 0 Å². The molecule has 92 valence electrons. The lowest BCUT2D eigenvalue weighted by molar-refractivity contribution is 1.47. The molecule has 0 bridgehead atoms. The molecule has 17 heavy (non-hydrogen) atoms. The molecule has 1 aromatic rings. The maximum atomic E-state index is 5.61. The third-order valence-electron chi connectivity index (χ3n) is 1.77. The molecule has 0 amide bonds. The molecule has 0 atom stereocenters. The van der Waals surface area contributed by atoms with Gasteiger partial charge in [0, 0.05) is 15.5 Å². The lowest BCUT2D eigenvalue weighted by Crippen LogP contribution is -1.82. The number of benzene rings is 1. The van der Waals surface area contributed by atoms with Gasteiger partial charge in [-0.1, -0.05) is 50.4 Å². The fourth-order valence-corrected chi connectivity index (χ4v) is 1.78. The van der Waals surface area contributed by atoms with Crippen LogP contribution in [0.3, 0.4) is 0 Å². The van der Waals surface area contributed by atoms with Crippen LogP contribution in [0.2, 0.25) is 0 Å². The molecule has 0 spiro atoms. The molecule has 2 N–H and O–H groups in total. The summed E-state index contributed by atoms with van der Waals surface area (Å²) in [5, 5.41) is 0. The second-order valence-corrected chi connectivity index (χ2v) is 4.12. The second kappa shape index (κ2) is 9.79. The molecule has 0 aliphatic carbocycles. The largest absolute Gasteiger partial charge is 0.399 e. The smallest absolute Gasteiger partial charge is 0.0314 e. The molecule has 0 fully saturated rings. The minimum absolute atomic E-state index is 0.789. The molecule has 0 saturated carbocycles. The second-order valence-electron chi connectivity index (χ2n) is 2.97. The van der Waals surface area contributed by atoms with Gasteiger partial charge in [-0.3, -0.25) is 0 Å². The molecular formula is C15H21NS. The summed E-state index contributed by atoms with van der Waals surface area (Å²) < 4.78 is 0. The van der Waals surface area contributed by atoms with Crippen molar-refractivity contribution in [1.82, 2.24) is 0 Å². The van der Waals surface area contributed by atoms with E-state index in [0.29, 0.717) is 0 Å². The van der Waals surface area contributed by atoms with E-state index in [1.54, 1.807) is 11.8 Å². The molecule has 0 radical (unpaired) electrons. The van der Waals surface area contributed by atoms with Crippen LogP contribution < -0.4 is 5.73 Å². The molecule has 0 saturated heterocycles. The summed E-state index contributed by atoms with van der Waals surface area (Å²) in [6.07, 6.45) is 7.88. The molecular weight excluding hydrogens is 226 g/mol. The van der Waals surface area contributed by atoms with Crippen molar-refractivity contribution < 1.29 is 0 Å². The summed E-state index contributed by atoms with van der Waals surface area (Å²) in [5.41, 5.74) is 6.40. The van der Waals surface area contributed by atoms with Crippen molar-refractivity contribution in [3.05, 3.63) is 60.1 Å². The topological polar surface area (TPSA) is 26.0 Å². The lowest BCUT2D eigenvalue weighted by atomic mass is 10.3. The van der Waals surface area contributed by atoms with Gasteiger partial charge in [0.1, 0.15) is 0 Å². The quantitative estimate of drug-likeness (QED) is 0.458. The van der Waals surface area contributed by atoms with Crippen LogP contribution in [0.15, 0.2) is 64.9 Å². The maximum Gasteiger partial charge on any atom is 0.0314 e. The van der Waals surface area contributed by atoms with Crippen LogP contribution in [0.4, 0.5) is 5.69 Å². The van der Waals surface area contributed by atoms with Crippen LogP contribution in [0, 0.1) is 0 Å². The minimum Gasteiger partial charge on any atom is -0.399 e. The van der Waals surface area contributed by atoms with Crippen molar-refractivity contribution in [3.8, 4) is 0 Å². The van der Waals surface area contributed by atoms with E-state index >= 15 is 0 Å². The number of nitrogen functional groups attached to an aromatic ring is 1. The third-order valence-corrected chi connectivity index (χ3v) is 2.82. The van der Waals surface area contributed by atoms with Crippen molar-refractivity contribution in [2.24, 2.45) is 0 Å². The van der Waals surface area contributed by atoms with Crippen molar-refractivity contribution in [2.75, 3.05) is 5.73 Å². The molecule has 1 rings (SSSR count). The van der Waals surface area contributed by atoms with Gasteiger partial charge in [-0.2, -0.15) is 0 Å². The summed E-state index contributed by atoms with van der Waals surface area (Å²) in [5.74, 6) is 0. The first-order valence-electron chi connectivity index (χ1n) is 5.75. The van der Waals surface area contributed by atoms with E-state index in [9.17, 15) is 0 Å². The van der Waals surface area contributed by atoms with Crippen molar-refractivity contribution in [1.29, 1.82) is 0 Å². The molecule has 0 unspecified atom stereocenters. The van der Waals surface area contributed by atoms with Gasteiger partial charge in [0.05, 0.1) is 0 Å². The minimum atomic E-state index is 0.789. The predicted octanol–water partition coefficient (Wildman–Crippen LogP) is 5.03. The van der Waals surface area contributed by atoms with Crippen molar-refractivity contribution >= 4 is 17.4 Å². The Balaban J connectivity index is 0.00000121. The third kappa shape index (κ3) is 6.69. The van der Waals surface area contributed by atoms with Gasteiger partial charge in [0.2, 0.25) is 0 Å². The number of hydrogen-bond acceptors (Lipinski definition) is 2. The molecule has 0 aromatic heterocycles. The zero-order chi connectivity index (χ0) is 13.1. The van der Waals surface area contributed by atoms with E-state index in [1.807, 2.05) is 69.3 Å². The van der Waals surface area contributed by atoms with Crippen molar-refractivity contribution in [2.45, 2.75) is 25.7 Å². The van der Waals surface area contributed by atoms with Gasteiger partial charge in [0.25, 0.3) is 0 Å². The van der Waals surface area contributed by atoms with Crippen LogP contribution in [-0.4, -0.2) is 0 Å². The lowest BCUT2D eigenvalue weighted by Gasteiger charge is -2.01. The Kier molecular flexibility index (Phi) is 8.98. The fourth-order valence-electron chi connectivity index (χ4n) is 1.01. The zero-order valence-electron chi connectivity index (χ0n) is 10.8. The van der Waals surface area contributed by atoms with E-state index in [4.69, 9.17) is 5.73 Å². The monoisotopic (exact) mass is 247 g/mol. The number of thioether (sulfide) groups is 1. The number of hydrogen-bond donors (Lipinski definition) is 1. The standard InChI is InChI=1S/C13H15NS.C2H6/c1-3-5-6-12(4-2)15-13-9-7-11(14)8-10-13;1-2/h3-10H,2,14H2,1H3;1-2H3/b5-3-,12-6+;. The van der Waals surface area contributed by atoms with E-state index in [0.717, 1.165) is 10.6 Å². The number of rotatable bonds is 4. The van der Waals surface area contributed by atoms with Crippen molar-refractivity contribution in [3.63, 3.8) is 0 Å². The van der Waals surface area contributed by atoms with Crippen LogP contribution >= 0.6 is 11.8 Å². The Morgan fingerprint density at radius 2 is 1.82 bits per heavy atom. The Bertz CT molecular complexity index is 374. The Morgan fingerprint density at radius 3 is 2.29 bits per heavy atom.